The average molecular weight is 411 g/mol. The van der Waals surface area contributed by atoms with Crippen LogP contribution in [-0.2, 0) is 19.2 Å². The summed E-state index contributed by atoms with van der Waals surface area (Å²) >= 11 is 0. The van der Waals surface area contributed by atoms with Crippen molar-refractivity contribution in [2.75, 3.05) is 0 Å². The van der Waals surface area contributed by atoms with E-state index in [1.165, 1.54) is 25.0 Å². The van der Waals surface area contributed by atoms with E-state index in [1.807, 2.05) is 0 Å². The van der Waals surface area contributed by atoms with Gasteiger partial charge in [-0.2, -0.15) is 5.26 Å². The van der Waals surface area contributed by atoms with Crippen LogP contribution in [0.3, 0.4) is 0 Å². The van der Waals surface area contributed by atoms with Gasteiger partial charge in [-0.15, -0.1) is 0 Å². The molecule has 4 aliphatic carbocycles. The summed E-state index contributed by atoms with van der Waals surface area (Å²) in [7, 11) is 0. The Labute approximate surface area is 178 Å². The summed E-state index contributed by atoms with van der Waals surface area (Å²) in [4.78, 5) is 27.8. The monoisotopic (exact) mass is 410 g/mol. The van der Waals surface area contributed by atoms with Crippen LogP contribution in [0.1, 0.15) is 78.6 Å². The second kappa shape index (κ2) is 7.68. The number of hydrogen-bond acceptors (Lipinski definition) is 6. The zero-order valence-electron chi connectivity index (χ0n) is 18.1. The molecule has 0 heterocycles. The van der Waals surface area contributed by atoms with Crippen molar-refractivity contribution < 1.29 is 19.2 Å². The molecule has 160 valence electrons. The molecule has 0 amide bonds. The van der Waals surface area contributed by atoms with Crippen LogP contribution in [-0.4, -0.2) is 23.3 Å². The zero-order chi connectivity index (χ0) is 21.5. The van der Waals surface area contributed by atoms with E-state index in [0.29, 0.717) is 11.8 Å². The van der Waals surface area contributed by atoms with Gasteiger partial charge in [0.05, 0.1) is 18.2 Å². The minimum atomic E-state index is -0.652. The fourth-order valence-electron chi connectivity index (χ4n) is 6.73. The number of rotatable bonds is 3. The summed E-state index contributed by atoms with van der Waals surface area (Å²) in [6.45, 7) is 5.07. The highest BCUT2D eigenvalue weighted by Gasteiger charge is 2.63. The smallest absolute Gasteiger partial charge is 0.331 e. The first kappa shape index (κ1) is 20.8. The Balaban J connectivity index is 1.64. The molecule has 0 aliphatic heterocycles. The predicted molar refractivity (Wildman–Crippen MR) is 111 cm³/mol. The van der Waals surface area contributed by atoms with Crippen molar-refractivity contribution in [2.45, 2.75) is 84.2 Å². The summed E-state index contributed by atoms with van der Waals surface area (Å²) in [6, 6.07) is 2.31. The van der Waals surface area contributed by atoms with Crippen molar-refractivity contribution >= 4 is 17.7 Å². The highest BCUT2D eigenvalue weighted by Crippen LogP contribution is 2.65. The number of fused-ring (bicyclic) bond motifs is 4. The van der Waals surface area contributed by atoms with Crippen LogP contribution in [0.25, 0.3) is 0 Å². The van der Waals surface area contributed by atoms with E-state index in [0.717, 1.165) is 57.1 Å². The summed E-state index contributed by atoms with van der Waals surface area (Å²) in [5, 5.41) is 13.5. The first-order valence-electron chi connectivity index (χ1n) is 11.0. The summed E-state index contributed by atoms with van der Waals surface area (Å²) < 4.78 is 5.91. The maximum absolute atomic E-state index is 11.9. The number of carbonyl (C=O) groups excluding carboxylic acids is 2. The Kier molecular flexibility index (Phi) is 5.34. The molecule has 2 unspecified atom stereocenters. The molecule has 6 heteroatoms. The topological polar surface area (TPSA) is 88.8 Å². The Morgan fingerprint density at radius 2 is 1.97 bits per heavy atom. The molecule has 0 saturated heterocycles. The second-order valence-electron chi connectivity index (χ2n) is 9.47. The Morgan fingerprint density at radius 1 is 1.17 bits per heavy atom. The second-order valence-corrected chi connectivity index (χ2v) is 9.47. The third-order valence-corrected chi connectivity index (χ3v) is 8.03. The van der Waals surface area contributed by atoms with Crippen molar-refractivity contribution in [3.63, 3.8) is 0 Å². The molecule has 0 spiro atoms. The fraction of sp³-hybridized carbons (Fsp3) is 0.667. The van der Waals surface area contributed by atoms with Crippen LogP contribution in [0, 0.1) is 28.6 Å². The van der Waals surface area contributed by atoms with Gasteiger partial charge in [0.1, 0.15) is 5.60 Å². The van der Waals surface area contributed by atoms with Gasteiger partial charge in [-0.1, -0.05) is 17.7 Å². The van der Waals surface area contributed by atoms with E-state index in [4.69, 9.17) is 9.57 Å². The van der Waals surface area contributed by atoms with Crippen molar-refractivity contribution in [1.82, 2.24) is 0 Å². The largest absolute Gasteiger partial charge is 0.458 e. The van der Waals surface area contributed by atoms with E-state index in [1.54, 1.807) is 5.57 Å². The van der Waals surface area contributed by atoms with Crippen LogP contribution in [0.15, 0.2) is 28.0 Å². The van der Waals surface area contributed by atoms with Gasteiger partial charge in [-0.05, 0) is 80.4 Å². The standard InChI is InChI=1S/C24H30N2O4/c1-15(27)29-24(12-13-25)11-9-22-21-6-4-17-14-18(26-30-16(2)28)5-7-19(17)20(21)8-10-23(22,24)3/h14,21-22H,4-12H2,1-3H3/t21?,22?,23-,24+/m0/s1. The van der Waals surface area contributed by atoms with Gasteiger partial charge in [0.2, 0.25) is 0 Å². The van der Waals surface area contributed by atoms with Gasteiger partial charge in [0, 0.05) is 19.3 Å². The van der Waals surface area contributed by atoms with E-state index in [2.05, 4.69) is 24.2 Å². The highest BCUT2D eigenvalue weighted by molar-refractivity contribution is 5.97. The SMILES string of the molecule is CC(=O)ON=C1C=C2CCC3C(=C2CC1)CC[C@@]1(C)C3CC[C@]1(CC#N)OC(C)=O. The van der Waals surface area contributed by atoms with Gasteiger partial charge in [-0.3, -0.25) is 4.79 Å². The highest BCUT2D eigenvalue weighted by atomic mass is 16.7. The van der Waals surface area contributed by atoms with Crippen molar-refractivity contribution in [3.05, 3.63) is 22.8 Å². The molecule has 0 aromatic carbocycles. The molecule has 2 fully saturated rings. The van der Waals surface area contributed by atoms with Crippen LogP contribution in [0.2, 0.25) is 0 Å². The fourth-order valence-corrected chi connectivity index (χ4v) is 6.73. The lowest BCUT2D eigenvalue weighted by Crippen LogP contribution is -2.51. The summed E-state index contributed by atoms with van der Waals surface area (Å²) in [5.41, 5.74) is 4.41. The van der Waals surface area contributed by atoms with Crippen molar-refractivity contribution in [1.29, 1.82) is 5.26 Å². The van der Waals surface area contributed by atoms with Gasteiger partial charge in [-0.25, -0.2) is 4.79 Å². The molecule has 4 rings (SSSR count). The summed E-state index contributed by atoms with van der Waals surface area (Å²) in [5.74, 6) is 0.269. The molecule has 0 radical (unpaired) electrons. The first-order chi connectivity index (χ1) is 14.3. The Hall–Kier alpha value is -2.42. The number of hydrogen-bond donors (Lipinski definition) is 0. The van der Waals surface area contributed by atoms with E-state index < -0.39 is 11.6 Å². The molecular formula is C24H30N2O4. The Bertz CT molecular complexity index is 909. The minimum Gasteiger partial charge on any atom is -0.458 e. The van der Waals surface area contributed by atoms with Crippen molar-refractivity contribution in [2.24, 2.45) is 22.4 Å². The zero-order valence-corrected chi connectivity index (χ0v) is 18.1. The average Bonchev–Trinajstić information content (AvgIpc) is 2.98. The summed E-state index contributed by atoms with van der Waals surface area (Å²) in [6.07, 6.45) is 9.91. The number of ether oxygens (including phenoxy) is 1. The van der Waals surface area contributed by atoms with E-state index >= 15 is 0 Å². The van der Waals surface area contributed by atoms with E-state index in [9.17, 15) is 14.9 Å². The van der Waals surface area contributed by atoms with Crippen LogP contribution >= 0.6 is 0 Å². The predicted octanol–water partition coefficient (Wildman–Crippen LogP) is 4.76. The molecular weight excluding hydrogens is 380 g/mol. The molecule has 6 nitrogen and oxygen atoms in total. The third-order valence-electron chi connectivity index (χ3n) is 8.03. The van der Waals surface area contributed by atoms with Crippen LogP contribution in [0.4, 0.5) is 0 Å². The van der Waals surface area contributed by atoms with Gasteiger partial charge < -0.3 is 9.57 Å². The van der Waals surface area contributed by atoms with Gasteiger partial charge in [0.15, 0.2) is 0 Å². The maximum Gasteiger partial charge on any atom is 0.331 e. The molecule has 0 aromatic rings. The normalized spacial score (nSPS) is 36.2. The number of esters is 1. The number of nitriles is 1. The Morgan fingerprint density at radius 3 is 2.67 bits per heavy atom. The molecule has 30 heavy (non-hydrogen) atoms. The van der Waals surface area contributed by atoms with E-state index in [-0.39, 0.29) is 17.8 Å². The van der Waals surface area contributed by atoms with Gasteiger partial charge >= 0.3 is 11.9 Å². The third kappa shape index (κ3) is 3.29. The lowest BCUT2D eigenvalue weighted by Gasteiger charge is -2.52. The maximum atomic E-state index is 11.9. The first-order valence-corrected chi connectivity index (χ1v) is 11.0. The lowest BCUT2D eigenvalue weighted by atomic mass is 9.54. The quantitative estimate of drug-likeness (QED) is 0.380. The van der Waals surface area contributed by atoms with Crippen molar-refractivity contribution in [3.8, 4) is 6.07 Å². The number of oxime groups is 1. The molecule has 0 aromatic heterocycles. The number of allylic oxidation sites excluding steroid dienone is 4. The van der Waals surface area contributed by atoms with Gasteiger partial charge in [0.25, 0.3) is 0 Å². The molecule has 0 N–H and O–H groups in total. The molecule has 0 bridgehead atoms. The molecule has 4 aliphatic rings. The number of carbonyl (C=O) groups is 2. The minimum absolute atomic E-state index is 0.152. The molecule has 4 atom stereocenters. The molecule has 2 saturated carbocycles. The van der Waals surface area contributed by atoms with Crippen LogP contribution < -0.4 is 0 Å². The number of nitrogens with zero attached hydrogens (tertiary/aromatic N) is 2. The van der Waals surface area contributed by atoms with Crippen LogP contribution in [0.5, 0.6) is 0 Å². The lowest BCUT2D eigenvalue weighted by molar-refractivity contribution is -0.174.